The molecule has 2 fully saturated rings. The Hall–Kier alpha value is -1.89. The number of hydrogen-bond donors (Lipinski definition) is 1. The van der Waals surface area contributed by atoms with Crippen LogP contribution in [0.2, 0.25) is 0 Å². The summed E-state index contributed by atoms with van der Waals surface area (Å²) in [5.74, 6) is 1.97. The molecule has 1 aromatic rings. The van der Waals surface area contributed by atoms with Crippen LogP contribution >= 0.6 is 0 Å². The number of hydrogen-bond acceptors (Lipinski definition) is 6. The van der Waals surface area contributed by atoms with E-state index in [9.17, 15) is 10.1 Å². The van der Waals surface area contributed by atoms with E-state index in [1.54, 1.807) is 0 Å². The number of nitrogens with zero attached hydrogens (tertiary/aromatic N) is 3. The number of aromatic nitrogens is 1. The van der Waals surface area contributed by atoms with Gasteiger partial charge in [0.15, 0.2) is 0 Å². The van der Waals surface area contributed by atoms with Crippen LogP contribution in [0.4, 0.5) is 11.5 Å². The molecule has 0 aliphatic carbocycles. The standard InChI is InChI=1S/C12H16N4O3/c1-19-11-3-2-10(16(17)18)12(14-11)15-6-8-4-13-5-9(8)7-15/h2-3,8-9,13H,4-7H2,1H3/t8-,9+. The van der Waals surface area contributed by atoms with Crippen molar-refractivity contribution in [3.8, 4) is 5.88 Å². The first-order chi connectivity index (χ1) is 9.19. The fraction of sp³-hybridized carbons (Fsp3) is 0.583. The molecule has 1 N–H and O–H groups in total. The van der Waals surface area contributed by atoms with Gasteiger partial charge in [0.05, 0.1) is 12.0 Å². The molecule has 7 nitrogen and oxygen atoms in total. The summed E-state index contributed by atoms with van der Waals surface area (Å²) in [5, 5.41) is 14.5. The third-order valence-electron chi connectivity index (χ3n) is 3.92. The molecule has 19 heavy (non-hydrogen) atoms. The van der Waals surface area contributed by atoms with Crippen molar-refractivity contribution < 1.29 is 9.66 Å². The van der Waals surface area contributed by atoms with Crippen LogP contribution in [0.1, 0.15) is 0 Å². The molecule has 0 amide bonds. The van der Waals surface area contributed by atoms with Crippen molar-refractivity contribution in [3.63, 3.8) is 0 Å². The van der Waals surface area contributed by atoms with Gasteiger partial charge in [-0.1, -0.05) is 0 Å². The Labute approximate surface area is 110 Å². The molecular weight excluding hydrogens is 248 g/mol. The molecule has 2 atom stereocenters. The summed E-state index contributed by atoms with van der Waals surface area (Å²) >= 11 is 0. The van der Waals surface area contributed by atoms with Crippen LogP contribution in [0.5, 0.6) is 5.88 Å². The smallest absolute Gasteiger partial charge is 0.311 e. The van der Waals surface area contributed by atoms with Crippen LogP contribution < -0.4 is 15.0 Å². The zero-order valence-corrected chi connectivity index (χ0v) is 10.7. The van der Waals surface area contributed by atoms with Gasteiger partial charge in [-0.15, -0.1) is 0 Å². The lowest BCUT2D eigenvalue weighted by Gasteiger charge is -2.18. The molecule has 1 aromatic heterocycles. The lowest BCUT2D eigenvalue weighted by Crippen LogP contribution is -2.26. The maximum atomic E-state index is 11.1. The average molecular weight is 264 g/mol. The zero-order valence-electron chi connectivity index (χ0n) is 10.7. The van der Waals surface area contributed by atoms with E-state index in [0.29, 0.717) is 23.5 Å². The number of nitro groups is 1. The number of fused-ring (bicyclic) bond motifs is 1. The summed E-state index contributed by atoms with van der Waals surface area (Å²) in [6.07, 6.45) is 0. The highest BCUT2D eigenvalue weighted by Gasteiger charge is 2.38. The van der Waals surface area contributed by atoms with E-state index in [-0.39, 0.29) is 10.6 Å². The number of rotatable bonds is 3. The fourth-order valence-electron chi connectivity index (χ4n) is 2.94. The lowest BCUT2D eigenvalue weighted by atomic mass is 10.0. The molecule has 0 spiro atoms. The van der Waals surface area contributed by atoms with Crippen LogP contribution in [0, 0.1) is 22.0 Å². The molecule has 2 aliphatic heterocycles. The molecule has 0 saturated carbocycles. The summed E-state index contributed by atoms with van der Waals surface area (Å²) in [4.78, 5) is 17.0. The van der Waals surface area contributed by atoms with Gasteiger partial charge < -0.3 is 15.0 Å². The third-order valence-corrected chi connectivity index (χ3v) is 3.92. The van der Waals surface area contributed by atoms with Crippen LogP contribution in [0.3, 0.4) is 0 Å². The highest BCUT2D eigenvalue weighted by atomic mass is 16.6. The second-order valence-corrected chi connectivity index (χ2v) is 5.04. The molecule has 3 rings (SSSR count). The molecular formula is C12H16N4O3. The minimum atomic E-state index is -0.381. The van der Waals surface area contributed by atoms with Crippen molar-refractivity contribution in [3.05, 3.63) is 22.2 Å². The molecule has 3 heterocycles. The minimum absolute atomic E-state index is 0.0498. The van der Waals surface area contributed by atoms with E-state index < -0.39 is 0 Å². The monoisotopic (exact) mass is 264 g/mol. The third kappa shape index (κ3) is 2.10. The Bertz CT molecular complexity index is 496. The molecule has 0 bridgehead atoms. The predicted octanol–water partition coefficient (Wildman–Crippen LogP) is 0.654. The van der Waals surface area contributed by atoms with E-state index in [2.05, 4.69) is 10.3 Å². The number of anilines is 1. The summed E-state index contributed by atoms with van der Waals surface area (Å²) in [5.41, 5.74) is 0.0498. The van der Waals surface area contributed by atoms with Crippen molar-refractivity contribution in [2.75, 3.05) is 38.2 Å². The molecule has 0 unspecified atom stereocenters. The Morgan fingerprint density at radius 1 is 1.42 bits per heavy atom. The highest BCUT2D eigenvalue weighted by molar-refractivity contribution is 5.59. The maximum absolute atomic E-state index is 11.1. The Morgan fingerprint density at radius 3 is 2.68 bits per heavy atom. The van der Waals surface area contributed by atoms with Gasteiger partial charge in [-0.2, -0.15) is 4.98 Å². The number of pyridine rings is 1. The van der Waals surface area contributed by atoms with Gasteiger partial charge in [0.25, 0.3) is 0 Å². The Kier molecular flexibility index (Phi) is 2.98. The molecule has 2 aliphatic rings. The molecule has 102 valence electrons. The first kappa shape index (κ1) is 12.2. The average Bonchev–Trinajstić information content (AvgIpc) is 2.98. The van der Waals surface area contributed by atoms with Gasteiger partial charge in [0.2, 0.25) is 11.7 Å². The molecule has 0 aromatic carbocycles. The van der Waals surface area contributed by atoms with Crippen molar-refractivity contribution >= 4 is 11.5 Å². The van der Waals surface area contributed by atoms with E-state index >= 15 is 0 Å². The van der Waals surface area contributed by atoms with Gasteiger partial charge in [0.1, 0.15) is 0 Å². The summed E-state index contributed by atoms with van der Waals surface area (Å²) in [6.45, 7) is 3.61. The first-order valence-corrected chi connectivity index (χ1v) is 6.34. The van der Waals surface area contributed by atoms with Gasteiger partial charge in [-0.3, -0.25) is 10.1 Å². The van der Waals surface area contributed by atoms with Crippen molar-refractivity contribution in [1.82, 2.24) is 10.3 Å². The summed E-state index contributed by atoms with van der Waals surface area (Å²) in [6, 6.07) is 2.99. The van der Waals surface area contributed by atoms with Crippen molar-refractivity contribution in [2.45, 2.75) is 0 Å². The van der Waals surface area contributed by atoms with Gasteiger partial charge in [-0.25, -0.2) is 0 Å². The minimum Gasteiger partial charge on any atom is -0.481 e. The van der Waals surface area contributed by atoms with Gasteiger partial charge >= 0.3 is 5.69 Å². The largest absolute Gasteiger partial charge is 0.481 e. The number of nitrogens with one attached hydrogen (secondary N) is 1. The normalized spacial score (nSPS) is 25.4. The van der Waals surface area contributed by atoms with E-state index in [1.165, 1.54) is 19.2 Å². The second-order valence-electron chi connectivity index (χ2n) is 5.04. The zero-order chi connectivity index (χ0) is 13.4. The van der Waals surface area contributed by atoms with Crippen LogP contribution in [-0.4, -0.2) is 43.2 Å². The highest BCUT2D eigenvalue weighted by Crippen LogP contribution is 2.35. The van der Waals surface area contributed by atoms with Crippen molar-refractivity contribution in [2.24, 2.45) is 11.8 Å². The first-order valence-electron chi connectivity index (χ1n) is 6.34. The Balaban J connectivity index is 1.92. The lowest BCUT2D eigenvalue weighted by molar-refractivity contribution is -0.384. The van der Waals surface area contributed by atoms with Crippen LogP contribution in [0.25, 0.3) is 0 Å². The van der Waals surface area contributed by atoms with Crippen LogP contribution in [-0.2, 0) is 0 Å². The van der Waals surface area contributed by atoms with Crippen molar-refractivity contribution in [1.29, 1.82) is 0 Å². The predicted molar refractivity (Wildman–Crippen MR) is 69.5 cm³/mol. The van der Waals surface area contributed by atoms with Crippen LogP contribution in [0.15, 0.2) is 12.1 Å². The van der Waals surface area contributed by atoms with Gasteiger partial charge in [-0.05, 0) is 11.8 Å². The maximum Gasteiger partial charge on any atom is 0.311 e. The summed E-state index contributed by atoms with van der Waals surface area (Å²) in [7, 11) is 1.51. The van der Waals surface area contributed by atoms with E-state index in [4.69, 9.17) is 4.74 Å². The SMILES string of the molecule is COc1ccc([N+](=O)[O-])c(N2C[C@H]3CNC[C@H]3C2)n1. The topological polar surface area (TPSA) is 80.5 Å². The Morgan fingerprint density at radius 2 is 2.11 bits per heavy atom. The quantitative estimate of drug-likeness (QED) is 0.638. The van der Waals surface area contributed by atoms with E-state index in [1.807, 2.05) is 4.90 Å². The molecule has 0 radical (unpaired) electrons. The van der Waals surface area contributed by atoms with Gasteiger partial charge in [0, 0.05) is 38.3 Å². The number of methoxy groups -OCH3 is 1. The number of ether oxygens (including phenoxy) is 1. The summed E-state index contributed by atoms with van der Waals surface area (Å²) < 4.78 is 5.07. The molecule has 7 heteroatoms. The fourth-order valence-corrected chi connectivity index (χ4v) is 2.94. The molecule has 2 saturated heterocycles. The van der Waals surface area contributed by atoms with E-state index in [0.717, 1.165) is 26.2 Å². The second kappa shape index (κ2) is 4.65.